The number of benzene rings is 1. The number of hydrogen-bond acceptors (Lipinski definition) is 8. The smallest absolute Gasteiger partial charge is 0.247 e. The largest absolute Gasteiger partial charge is 0.365 e. The second kappa shape index (κ2) is 12.7. The zero-order valence-electron chi connectivity index (χ0n) is 25.4. The van der Waals surface area contributed by atoms with Gasteiger partial charge in [0.15, 0.2) is 5.82 Å². The summed E-state index contributed by atoms with van der Waals surface area (Å²) in [6, 6.07) is 7.49. The number of hydrogen-bond donors (Lipinski definition) is 3. The third kappa shape index (κ3) is 6.63. The van der Waals surface area contributed by atoms with Crippen LogP contribution in [-0.2, 0) is 16.1 Å². The molecule has 3 N–H and O–H groups in total. The van der Waals surface area contributed by atoms with Crippen molar-refractivity contribution < 1.29 is 9.59 Å². The molecule has 1 aromatic carbocycles. The van der Waals surface area contributed by atoms with Crippen LogP contribution in [0.25, 0.3) is 0 Å². The molecule has 5 fully saturated rings. The highest BCUT2D eigenvalue weighted by Crippen LogP contribution is 2.57. The van der Waals surface area contributed by atoms with Gasteiger partial charge in [-0.15, -0.1) is 0 Å². The van der Waals surface area contributed by atoms with E-state index in [4.69, 9.17) is 11.6 Å². The van der Waals surface area contributed by atoms with Crippen molar-refractivity contribution >= 4 is 46.6 Å². The molecule has 5 aliphatic rings. The van der Waals surface area contributed by atoms with Crippen molar-refractivity contribution in [3.05, 3.63) is 66.1 Å². The van der Waals surface area contributed by atoms with E-state index in [0.717, 1.165) is 54.4 Å². The lowest BCUT2D eigenvalue weighted by Crippen LogP contribution is -2.54. The Labute approximate surface area is 268 Å². The van der Waals surface area contributed by atoms with Gasteiger partial charge in [-0.3, -0.25) is 14.6 Å². The van der Waals surface area contributed by atoms with E-state index in [-0.39, 0.29) is 5.91 Å². The molecule has 0 unspecified atom stereocenters. The summed E-state index contributed by atoms with van der Waals surface area (Å²) in [6.45, 7) is 6.83. The fourth-order valence-electron chi connectivity index (χ4n) is 8.20. The van der Waals surface area contributed by atoms with E-state index < -0.39 is 0 Å². The molecule has 1 saturated heterocycles. The van der Waals surface area contributed by atoms with Gasteiger partial charge < -0.3 is 20.9 Å². The number of anilines is 4. The zero-order chi connectivity index (χ0) is 30.9. The molecule has 0 radical (unpaired) electrons. The van der Waals surface area contributed by atoms with E-state index >= 15 is 0 Å². The van der Waals surface area contributed by atoms with Crippen LogP contribution in [-0.4, -0.2) is 62.8 Å². The van der Waals surface area contributed by atoms with Gasteiger partial charge in [0.25, 0.3) is 0 Å². The van der Waals surface area contributed by atoms with Crippen molar-refractivity contribution in [1.82, 2.24) is 24.8 Å². The van der Waals surface area contributed by atoms with Crippen LogP contribution in [0.2, 0.25) is 5.02 Å². The maximum Gasteiger partial charge on any atom is 0.247 e. The first-order valence-electron chi connectivity index (χ1n) is 16.0. The fourth-order valence-corrected chi connectivity index (χ4v) is 8.36. The molecular weight excluding hydrogens is 590 g/mol. The first-order chi connectivity index (χ1) is 21.9. The Hall–Kier alpha value is -4.12. The normalized spacial score (nSPS) is 25.2. The van der Waals surface area contributed by atoms with Gasteiger partial charge in [0.05, 0.1) is 37.4 Å². The minimum atomic E-state index is -0.266. The number of halogens is 1. The third-order valence-electron chi connectivity index (χ3n) is 10.1. The summed E-state index contributed by atoms with van der Waals surface area (Å²) in [5.74, 6) is 5.00. The summed E-state index contributed by atoms with van der Waals surface area (Å²) in [5.41, 5.74) is 2.37. The van der Waals surface area contributed by atoms with E-state index in [1.807, 2.05) is 35.3 Å². The van der Waals surface area contributed by atoms with Crippen LogP contribution >= 0.6 is 11.6 Å². The molecule has 3 aromatic rings. The summed E-state index contributed by atoms with van der Waals surface area (Å²) in [5, 5.41) is 16.3. The average Bonchev–Trinajstić information content (AvgIpc) is 3.51. The van der Waals surface area contributed by atoms with Gasteiger partial charge in [-0.1, -0.05) is 30.3 Å². The summed E-state index contributed by atoms with van der Waals surface area (Å²) in [6.07, 6.45) is 14.0. The molecule has 4 bridgehead atoms. The SMILES string of the molecule is C=CC(=O)Nc1cccc(CNc2nc(Nc3cnn(N4CCN(C(=O)CC5C6CC7CC(C6)CC5C7)CC4)c3)ncc2Cl)c1. The lowest BCUT2D eigenvalue weighted by atomic mass is 9.51. The maximum atomic E-state index is 13.3. The topological polar surface area (TPSA) is 120 Å². The van der Waals surface area contributed by atoms with Crippen LogP contribution in [0, 0.1) is 29.6 Å². The fraction of sp³-hybridized carbons (Fsp3) is 0.485. The highest BCUT2D eigenvalue weighted by Gasteiger charge is 2.48. The molecule has 236 valence electrons. The van der Waals surface area contributed by atoms with E-state index in [1.54, 1.807) is 12.4 Å². The number of amides is 2. The molecule has 8 rings (SSSR count). The molecule has 11 nitrogen and oxygen atoms in total. The molecular formula is C33H40ClN9O2. The van der Waals surface area contributed by atoms with Crippen molar-refractivity contribution in [1.29, 1.82) is 0 Å². The Kier molecular flexibility index (Phi) is 8.35. The van der Waals surface area contributed by atoms with Crippen LogP contribution in [0.4, 0.5) is 23.1 Å². The van der Waals surface area contributed by atoms with E-state index in [9.17, 15) is 9.59 Å². The third-order valence-corrected chi connectivity index (χ3v) is 10.4. The van der Waals surface area contributed by atoms with Crippen molar-refractivity contribution in [3.63, 3.8) is 0 Å². The first-order valence-corrected chi connectivity index (χ1v) is 16.4. The minimum absolute atomic E-state index is 0.266. The van der Waals surface area contributed by atoms with Crippen molar-refractivity contribution in [2.24, 2.45) is 29.6 Å². The Bertz CT molecular complexity index is 1540. The Morgan fingerprint density at radius 1 is 1.00 bits per heavy atom. The monoisotopic (exact) mass is 629 g/mol. The predicted molar refractivity (Wildman–Crippen MR) is 175 cm³/mol. The van der Waals surface area contributed by atoms with Crippen molar-refractivity contribution in [2.75, 3.05) is 47.1 Å². The standard InChI is InChI=1S/C33H40ClN9O2/c1-2-30(44)38-26-5-3-4-21(15-26)17-35-32-29(34)19-36-33(40-32)39-27-18-37-43(20-27)42-8-6-41(7-9-42)31(45)16-28-24-11-22-10-23(13-24)14-25(28)12-22/h2-5,15,18-20,22-25,28H,1,6-14,16-17H2,(H,38,44)(H2,35,36,39,40). The van der Waals surface area contributed by atoms with Gasteiger partial charge in [-0.25, -0.2) is 4.98 Å². The van der Waals surface area contributed by atoms with Gasteiger partial charge in [0.2, 0.25) is 17.8 Å². The molecule has 4 aliphatic carbocycles. The van der Waals surface area contributed by atoms with E-state index in [1.165, 1.54) is 38.2 Å². The summed E-state index contributed by atoms with van der Waals surface area (Å²) in [4.78, 5) is 37.7. The summed E-state index contributed by atoms with van der Waals surface area (Å²) in [7, 11) is 0. The highest BCUT2D eigenvalue weighted by atomic mass is 35.5. The van der Waals surface area contributed by atoms with Gasteiger partial charge in [0.1, 0.15) is 5.02 Å². The molecule has 0 spiro atoms. The Morgan fingerprint density at radius 2 is 1.76 bits per heavy atom. The number of rotatable bonds is 10. The molecule has 2 amide bonds. The molecule has 12 heteroatoms. The molecule has 3 heterocycles. The van der Waals surface area contributed by atoms with Crippen LogP contribution in [0.3, 0.4) is 0 Å². The van der Waals surface area contributed by atoms with Crippen LogP contribution in [0.15, 0.2) is 55.5 Å². The summed E-state index contributed by atoms with van der Waals surface area (Å²) < 4.78 is 0. The molecule has 1 aliphatic heterocycles. The maximum absolute atomic E-state index is 13.3. The molecule has 45 heavy (non-hydrogen) atoms. The van der Waals surface area contributed by atoms with Crippen LogP contribution < -0.4 is 21.0 Å². The molecule has 0 atom stereocenters. The van der Waals surface area contributed by atoms with Crippen LogP contribution in [0.5, 0.6) is 0 Å². The summed E-state index contributed by atoms with van der Waals surface area (Å²) >= 11 is 6.38. The van der Waals surface area contributed by atoms with Gasteiger partial charge in [-0.2, -0.15) is 14.9 Å². The molecule has 2 aromatic heterocycles. The second-order valence-electron chi connectivity index (χ2n) is 13.0. The first kappa shape index (κ1) is 29.6. The van der Waals surface area contributed by atoms with Crippen LogP contribution in [0.1, 0.15) is 44.1 Å². The number of nitrogens with one attached hydrogen (secondary N) is 3. The Morgan fingerprint density at radius 3 is 2.49 bits per heavy atom. The van der Waals surface area contributed by atoms with E-state index in [0.29, 0.717) is 53.9 Å². The Balaban J connectivity index is 0.906. The second-order valence-corrected chi connectivity index (χ2v) is 13.5. The minimum Gasteiger partial charge on any atom is -0.365 e. The highest BCUT2D eigenvalue weighted by molar-refractivity contribution is 6.32. The number of carbonyl (C=O) groups excluding carboxylic acids is 2. The van der Waals surface area contributed by atoms with E-state index in [2.05, 4.69) is 47.5 Å². The van der Waals surface area contributed by atoms with Gasteiger partial charge >= 0.3 is 0 Å². The number of aromatic nitrogens is 4. The van der Waals surface area contributed by atoms with Crippen molar-refractivity contribution in [3.8, 4) is 0 Å². The van der Waals surface area contributed by atoms with Crippen molar-refractivity contribution in [2.45, 2.75) is 45.1 Å². The quantitative estimate of drug-likeness (QED) is 0.267. The van der Waals surface area contributed by atoms with Gasteiger partial charge in [-0.05, 0) is 85.5 Å². The number of carbonyl (C=O) groups is 2. The predicted octanol–water partition coefficient (Wildman–Crippen LogP) is 5.05. The lowest BCUT2D eigenvalue weighted by molar-refractivity contribution is -0.136. The number of piperazine rings is 1. The number of nitrogens with zero attached hydrogens (tertiary/aromatic N) is 6. The lowest BCUT2D eigenvalue weighted by Gasteiger charge is -2.54. The van der Waals surface area contributed by atoms with Gasteiger partial charge in [0, 0.05) is 31.7 Å². The zero-order valence-corrected chi connectivity index (χ0v) is 26.1. The molecule has 4 saturated carbocycles. The average molecular weight is 630 g/mol.